The summed E-state index contributed by atoms with van der Waals surface area (Å²) in [7, 11) is 1.67. The minimum absolute atomic E-state index is 0.233. The monoisotopic (exact) mass is 364 g/mol. The van der Waals surface area contributed by atoms with Crippen LogP contribution in [0.4, 0.5) is 0 Å². The second-order valence-corrected chi connectivity index (χ2v) is 6.10. The molecule has 0 saturated heterocycles. The van der Waals surface area contributed by atoms with Crippen molar-refractivity contribution < 1.29 is 14.3 Å². The summed E-state index contributed by atoms with van der Waals surface area (Å²) in [5.41, 5.74) is 6.80. The lowest BCUT2D eigenvalue weighted by Gasteiger charge is -2.10. The van der Waals surface area contributed by atoms with E-state index in [4.69, 9.17) is 16.3 Å². The van der Waals surface area contributed by atoms with Gasteiger partial charge in [-0.15, -0.1) is 0 Å². The maximum absolute atomic E-state index is 11.9. The number of hydrogen-bond acceptors (Lipinski definition) is 4. The number of hydrazine groups is 1. The van der Waals surface area contributed by atoms with Crippen molar-refractivity contribution in [2.45, 2.75) is 26.7 Å². The molecule has 0 bridgehead atoms. The lowest BCUT2D eigenvalue weighted by atomic mass is 10.2. The molecule has 1 heterocycles. The Kier molecular flexibility index (Phi) is 6.41. The molecular formula is C17H21ClN4O3. The number of rotatable bonds is 6. The molecule has 0 radical (unpaired) electrons. The molecule has 0 aliphatic heterocycles. The Morgan fingerprint density at radius 1 is 1.24 bits per heavy atom. The lowest BCUT2D eigenvalue weighted by Crippen LogP contribution is -2.42. The number of carbonyl (C=O) groups excluding carboxylic acids is 2. The van der Waals surface area contributed by atoms with Crippen molar-refractivity contribution in [1.29, 1.82) is 0 Å². The van der Waals surface area contributed by atoms with Crippen molar-refractivity contribution in [3.05, 3.63) is 46.2 Å². The first-order valence-corrected chi connectivity index (χ1v) is 8.23. The molecule has 7 nitrogen and oxygen atoms in total. The summed E-state index contributed by atoms with van der Waals surface area (Å²) in [5, 5.41) is 4.74. The molecule has 2 rings (SSSR count). The van der Waals surface area contributed by atoms with Crippen LogP contribution in [0.2, 0.25) is 5.02 Å². The Morgan fingerprint density at radius 2 is 2.00 bits per heavy atom. The van der Waals surface area contributed by atoms with Crippen LogP contribution in [0, 0.1) is 13.8 Å². The van der Waals surface area contributed by atoms with Gasteiger partial charge in [-0.2, -0.15) is 5.10 Å². The third-order valence-electron chi connectivity index (χ3n) is 3.49. The highest BCUT2D eigenvalue weighted by Crippen LogP contribution is 2.21. The van der Waals surface area contributed by atoms with Crippen LogP contribution >= 0.6 is 11.6 Å². The second-order valence-electron chi connectivity index (χ2n) is 5.66. The van der Waals surface area contributed by atoms with Crippen molar-refractivity contribution in [3.8, 4) is 5.75 Å². The number of aryl methyl sites for hydroxylation is 3. The van der Waals surface area contributed by atoms with Gasteiger partial charge in [0.05, 0.1) is 12.3 Å². The number of hydrogen-bond donors (Lipinski definition) is 2. The molecule has 0 spiro atoms. The largest absolute Gasteiger partial charge is 0.493 e. The number of amides is 2. The number of halogens is 1. The molecule has 2 N–H and O–H groups in total. The molecule has 0 fully saturated rings. The Balaban J connectivity index is 1.69. The third kappa shape index (κ3) is 5.49. The number of nitrogens with zero attached hydrogens (tertiary/aromatic N) is 2. The number of ether oxygens (including phenoxy) is 1. The van der Waals surface area contributed by atoms with Gasteiger partial charge >= 0.3 is 0 Å². The highest BCUT2D eigenvalue weighted by atomic mass is 35.5. The van der Waals surface area contributed by atoms with Crippen LogP contribution in [0.1, 0.15) is 34.6 Å². The van der Waals surface area contributed by atoms with Crippen molar-refractivity contribution >= 4 is 23.4 Å². The van der Waals surface area contributed by atoms with Crippen LogP contribution < -0.4 is 15.6 Å². The van der Waals surface area contributed by atoms with Crippen LogP contribution in [0.15, 0.2) is 24.3 Å². The van der Waals surface area contributed by atoms with Crippen LogP contribution in [0.3, 0.4) is 0 Å². The van der Waals surface area contributed by atoms with Gasteiger partial charge in [0, 0.05) is 18.5 Å². The predicted molar refractivity (Wildman–Crippen MR) is 94.5 cm³/mol. The summed E-state index contributed by atoms with van der Waals surface area (Å²) in [4.78, 5) is 23.7. The van der Waals surface area contributed by atoms with Crippen molar-refractivity contribution in [1.82, 2.24) is 20.6 Å². The van der Waals surface area contributed by atoms with Crippen molar-refractivity contribution in [2.75, 3.05) is 6.61 Å². The highest BCUT2D eigenvalue weighted by Gasteiger charge is 2.12. The van der Waals surface area contributed by atoms with E-state index in [9.17, 15) is 9.59 Å². The van der Waals surface area contributed by atoms with Gasteiger partial charge in [0.15, 0.2) is 0 Å². The SMILES string of the molecule is Cc1cc(C(=O)NNC(=O)CCCOc2ccc(Cl)cc2C)n(C)n1. The lowest BCUT2D eigenvalue weighted by molar-refractivity contribution is -0.122. The minimum Gasteiger partial charge on any atom is -0.493 e. The molecule has 1 aromatic heterocycles. The van der Waals surface area contributed by atoms with Gasteiger partial charge in [-0.05, 0) is 50.1 Å². The van der Waals surface area contributed by atoms with Gasteiger partial charge in [0.25, 0.3) is 5.91 Å². The van der Waals surface area contributed by atoms with Gasteiger partial charge in [0.2, 0.25) is 5.91 Å². The fourth-order valence-electron chi connectivity index (χ4n) is 2.27. The predicted octanol–water partition coefficient (Wildman–Crippen LogP) is 2.31. The third-order valence-corrected chi connectivity index (χ3v) is 3.73. The number of carbonyl (C=O) groups is 2. The van der Waals surface area contributed by atoms with E-state index >= 15 is 0 Å². The zero-order valence-corrected chi connectivity index (χ0v) is 15.2. The Hall–Kier alpha value is -2.54. The molecule has 8 heteroatoms. The summed E-state index contributed by atoms with van der Waals surface area (Å²) in [6, 6.07) is 7.02. The van der Waals surface area contributed by atoms with Crippen LogP contribution in [-0.2, 0) is 11.8 Å². The molecule has 0 aliphatic rings. The normalized spacial score (nSPS) is 10.4. The maximum atomic E-state index is 11.9. The smallest absolute Gasteiger partial charge is 0.287 e. The van der Waals surface area contributed by atoms with E-state index in [2.05, 4.69) is 16.0 Å². The highest BCUT2D eigenvalue weighted by molar-refractivity contribution is 6.30. The Morgan fingerprint density at radius 3 is 2.64 bits per heavy atom. The van der Waals surface area contributed by atoms with E-state index in [0.29, 0.717) is 23.7 Å². The van der Waals surface area contributed by atoms with E-state index in [1.807, 2.05) is 13.0 Å². The molecule has 25 heavy (non-hydrogen) atoms. The van der Waals surface area contributed by atoms with E-state index in [-0.39, 0.29) is 12.3 Å². The molecule has 1 aromatic carbocycles. The zero-order chi connectivity index (χ0) is 18.4. The van der Waals surface area contributed by atoms with Crippen molar-refractivity contribution in [3.63, 3.8) is 0 Å². The van der Waals surface area contributed by atoms with Crippen LogP contribution in [-0.4, -0.2) is 28.2 Å². The van der Waals surface area contributed by atoms with Crippen LogP contribution in [0.5, 0.6) is 5.75 Å². The second kappa shape index (κ2) is 8.53. The zero-order valence-electron chi connectivity index (χ0n) is 14.4. The quantitative estimate of drug-likeness (QED) is 0.608. The Bertz CT molecular complexity index is 773. The van der Waals surface area contributed by atoms with E-state index < -0.39 is 5.91 Å². The average Bonchev–Trinajstić information content (AvgIpc) is 2.89. The maximum Gasteiger partial charge on any atom is 0.287 e. The van der Waals surface area contributed by atoms with Gasteiger partial charge in [0.1, 0.15) is 11.4 Å². The summed E-state index contributed by atoms with van der Waals surface area (Å²) >= 11 is 5.89. The van der Waals surface area contributed by atoms with E-state index in [0.717, 1.165) is 17.0 Å². The topological polar surface area (TPSA) is 85.3 Å². The summed E-state index contributed by atoms with van der Waals surface area (Å²) in [6.45, 7) is 4.09. The van der Waals surface area contributed by atoms with E-state index in [1.54, 1.807) is 32.2 Å². The first-order valence-electron chi connectivity index (χ1n) is 7.85. The van der Waals surface area contributed by atoms with Gasteiger partial charge in [-0.1, -0.05) is 11.6 Å². The molecule has 134 valence electrons. The molecule has 2 amide bonds. The summed E-state index contributed by atoms with van der Waals surface area (Å²) in [6.07, 6.45) is 0.756. The molecule has 2 aromatic rings. The molecule has 0 unspecified atom stereocenters. The number of aromatic nitrogens is 2. The van der Waals surface area contributed by atoms with Gasteiger partial charge < -0.3 is 4.74 Å². The van der Waals surface area contributed by atoms with Crippen molar-refractivity contribution in [2.24, 2.45) is 7.05 Å². The van der Waals surface area contributed by atoms with E-state index in [1.165, 1.54) is 4.68 Å². The first-order chi connectivity index (χ1) is 11.9. The average molecular weight is 365 g/mol. The fraction of sp³-hybridized carbons (Fsp3) is 0.353. The van der Waals surface area contributed by atoms with Gasteiger partial charge in [-0.3, -0.25) is 25.1 Å². The molecule has 0 saturated carbocycles. The number of nitrogens with one attached hydrogen (secondary N) is 2. The summed E-state index contributed by atoms with van der Waals surface area (Å²) < 4.78 is 7.08. The molecule has 0 aliphatic carbocycles. The molecule has 0 atom stereocenters. The Labute approximate surface area is 151 Å². The fourth-order valence-corrected chi connectivity index (χ4v) is 2.49. The number of benzene rings is 1. The standard InChI is InChI=1S/C17H21ClN4O3/c1-11-9-13(18)6-7-15(11)25-8-4-5-16(23)19-20-17(24)14-10-12(2)21-22(14)3/h6-7,9-10H,4-5,8H2,1-3H3,(H,19,23)(H,20,24). The first kappa shape index (κ1) is 18.8. The minimum atomic E-state index is -0.413. The van der Waals surface area contributed by atoms with Crippen LogP contribution in [0.25, 0.3) is 0 Å². The summed E-state index contributed by atoms with van der Waals surface area (Å²) in [5.74, 6) is 0.0397. The van der Waals surface area contributed by atoms with Gasteiger partial charge in [-0.25, -0.2) is 0 Å². The molecular weight excluding hydrogens is 344 g/mol.